The fraction of sp³-hybridized carbons (Fsp3) is 0.696. The fourth-order valence-electron chi connectivity index (χ4n) is 9.28. The summed E-state index contributed by atoms with van der Waals surface area (Å²) in [7, 11) is 0. The number of nitrogens with two attached hydrogens (primary N) is 16. The third kappa shape index (κ3) is 43.5. The summed E-state index contributed by atoms with van der Waals surface area (Å²) in [5.41, 5.74) is 88.8. The number of amides is 10. The van der Waals surface area contributed by atoms with Gasteiger partial charge in [0, 0.05) is 58.7 Å². The molecule has 43 heteroatoms. The van der Waals surface area contributed by atoms with E-state index in [0.29, 0.717) is 19.3 Å². The van der Waals surface area contributed by atoms with Gasteiger partial charge < -0.3 is 145 Å². The number of aliphatic imine (C=N–C) groups is 6. The van der Waals surface area contributed by atoms with Crippen molar-refractivity contribution in [2.24, 2.45) is 122 Å². The van der Waals surface area contributed by atoms with Gasteiger partial charge in [0.1, 0.15) is 54.4 Å². The van der Waals surface area contributed by atoms with Crippen LogP contribution in [0, 0.1) is 0 Å². The molecule has 42 N–H and O–H groups in total. The molecule has 0 aliphatic rings. The molecule has 0 aliphatic heterocycles. The van der Waals surface area contributed by atoms with Gasteiger partial charge in [0.2, 0.25) is 59.1 Å². The fourth-order valence-corrected chi connectivity index (χ4v) is 9.28. The van der Waals surface area contributed by atoms with Crippen LogP contribution in [0.15, 0.2) is 30.0 Å². The van der Waals surface area contributed by atoms with Gasteiger partial charge in [-0.1, -0.05) is 0 Å². The Bertz CT molecular complexity index is 2730. The van der Waals surface area contributed by atoms with Crippen LogP contribution in [0.5, 0.6) is 0 Å². The summed E-state index contributed by atoms with van der Waals surface area (Å²) in [5, 5.41) is 33.3. The summed E-state index contributed by atoms with van der Waals surface area (Å²) in [6.45, 7) is 0.296. The second kappa shape index (κ2) is 51.9. The van der Waals surface area contributed by atoms with Gasteiger partial charge in [-0.15, -0.1) is 0 Å². The van der Waals surface area contributed by atoms with Crippen molar-refractivity contribution in [2.45, 2.75) is 189 Å². The van der Waals surface area contributed by atoms with Gasteiger partial charge in [-0.25, -0.2) is 4.79 Å². The second-order valence-electron chi connectivity index (χ2n) is 22.8. The molecule has 10 amide bonds. The number of carboxylic acid groups (broad SMARTS) is 1. The Balaban J connectivity index is 7.60. The maximum atomic E-state index is 14.7. The van der Waals surface area contributed by atoms with Gasteiger partial charge in [0.25, 0.3) is 0 Å². The molecule has 0 radical (unpaired) electrons. The summed E-state index contributed by atoms with van der Waals surface area (Å²) < 4.78 is 0. The van der Waals surface area contributed by atoms with Gasteiger partial charge in [-0.2, -0.15) is 0 Å². The molecule has 0 spiro atoms. The van der Waals surface area contributed by atoms with Crippen molar-refractivity contribution in [1.82, 2.24) is 47.9 Å². The lowest BCUT2D eigenvalue weighted by atomic mass is 10.0. The lowest BCUT2D eigenvalue weighted by Crippen LogP contribution is -2.60. The molecular weight excluding hydrogens is 1300 g/mol. The third-order valence-electron chi connectivity index (χ3n) is 14.3. The standard InChI is InChI=1S/C56H111N31O12/c57-22-3-1-11-32(80-42(90)31(79-41(89)21-24-59)13-5-25-73-51(61)62)43(91)81-33(12-2-4-23-58)44(92)82-34(14-6-26-74-52(63)64)45(93)83-36(16-8-28-76-54(67)68)47(95)86-38(19-20-40(60)88)49(97)85-35(15-7-27-75-53(65)66)46(94)84-37(17-9-29-77-55(69)70)48(96)87-39(50(98)99)18-10-30-78-56(71)72/h31-39H,1-30,57-59H2,(H2,60,88)(H,79,89)(H,80,90)(H,81,91)(H,82,92)(H,83,93)(H,84,94)(H,85,97)(H,86,95)(H,87,96)(H,98,99)(H4,61,62,73)(H4,63,64,74)(H4,65,66,75)(H4,67,68,76)(H4,69,70,77)(H4,71,72,78)/t31-,32+,33+,34+,35+,36-,37+,38+,39-/m1/s1. The normalized spacial score (nSPS) is 13.4. The molecule has 0 aromatic heterocycles. The van der Waals surface area contributed by atoms with Crippen LogP contribution in [-0.2, 0) is 52.7 Å². The number of nitrogens with one attached hydrogen (secondary N) is 9. The molecule has 0 rings (SSSR count). The number of hydrogen-bond acceptors (Lipinski definition) is 20. The summed E-state index contributed by atoms with van der Waals surface area (Å²) in [4.78, 5) is 176. The van der Waals surface area contributed by atoms with E-state index in [1.807, 2.05) is 0 Å². The molecule has 562 valence electrons. The van der Waals surface area contributed by atoms with Gasteiger partial charge in [-0.3, -0.25) is 77.9 Å². The van der Waals surface area contributed by atoms with Gasteiger partial charge in [0.05, 0.1) is 0 Å². The highest BCUT2D eigenvalue weighted by atomic mass is 16.4. The molecule has 0 fully saturated rings. The minimum atomic E-state index is -1.71. The van der Waals surface area contributed by atoms with E-state index in [1.54, 1.807) is 0 Å². The molecule has 43 nitrogen and oxygen atoms in total. The summed E-state index contributed by atoms with van der Waals surface area (Å²) in [6, 6.07) is -13.2. The number of carboxylic acids is 1. The van der Waals surface area contributed by atoms with Crippen LogP contribution in [0.1, 0.15) is 135 Å². The van der Waals surface area contributed by atoms with E-state index in [2.05, 4.69) is 77.8 Å². The molecule has 0 aromatic carbocycles. The lowest BCUT2D eigenvalue weighted by Gasteiger charge is -2.28. The number of nitrogens with zero attached hydrogens (tertiary/aromatic N) is 6. The van der Waals surface area contributed by atoms with Crippen LogP contribution >= 0.6 is 0 Å². The van der Waals surface area contributed by atoms with Crippen molar-refractivity contribution in [1.29, 1.82) is 0 Å². The average molecular weight is 1410 g/mol. The highest BCUT2D eigenvalue weighted by Gasteiger charge is 2.36. The zero-order valence-electron chi connectivity index (χ0n) is 56.3. The van der Waals surface area contributed by atoms with Gasteiger partial charge in [-0.05, 0) is 135 Å². The van der Waals surface area contributed by atoms with E-state index in [-0.39, 0.29) is 197 Å². The summed E-state index contributed by atoms with van der Waals surface area (Å²) in [5.74, 6) is -12.0. The number of carbonyl (C=O) groups is 11. The number of guanidine groups is 6. The second-order valence-corrected chi connectivity index (χ2v) is 22.8. The Morgan fingerprint density at radius 3 is 0.657 bits per heavy atom. The molecule has 9 atom stereocenters. The lowest BCUT2D eigenvalue weighted by molar-refractivity contribution is -0.142. The van der Waals surface area contributed by atoms with E-state index in [9.17, 15) is 57.8 Å². The first kappa shape index (κ1) is 88.7. The van der Waals surface area contributed by atoms with Gasteiger partial charge in [0.15, 0.2) is 35.8 Å². The van der Waals surface area contributed by atoms with E-state index < -0.39 is 132 Å². The Labute approximate surface area is 574 Å². The van der Waals surface area contributed by atoms with Crippen molar-refractivity contribution < 1.29 is 57.8 Å². The van der Waals surface area contributed by atoms with E-state index in [0.717, 1.165) is 0 Å². The van der Waals surface area contributed by atoms with E-state index >= 15 is 0 Å². The number of carbonyl (C=O) groups excluding carboxylic acids is 10. The SMILES string of the molecule is NCCCC[C@H](NC(=O)[C@H](CCCCN)NC(=O)[C@@H](CCCN=C(N)N)NC(=O)CCN)C(=O)N[C@@H](CCCN=C(N)N)C(=O)N[C@H](CCCN=C(N)N)C(=O)N[C@@H](CCC(N)=O)C(=O)N[C@@H](CCCN=C(N)N)C(=O)N[C@@H](CCCN=C(N)N)C(=O)N[C@H](CCCN=C(N)N)C(=O)O. The smallest absolute Gasteiger partial charge is 0.326 e. The number of rotatable bonds is 55. The molecule has 0 aromatic rings. The molecule has 0 bridgehead atoms. The third-order valence-corrected chi connectivity index (χ3v) is 14.3. The predicted molar refractivity (Wildman–Crippen MR) is 372 cm³/mol. The molecule has 0 saturated carbocycles. The van der Waals surface area contributed by atoms with Crippen molar-refractivity contribution in [3.8, 4) is 0 Å². The highest BCUT2D eigenvalue weighted by Crippen LogP contribution is 2.13. The average Bonchev–Trinajstić information content (AvgIpc) is 0.871. The summed E-state index contributed by atoms with van der Waals surface area (Å²) in [6.07, 6.45) is -0.202. The molecule has 0 aliphatic carbocycles. The largest absolute Gasteiger partial charge is 0.480 e. The molecule has 0 unspecified atom stereocenters. The first-order chi connectivity index (χ1) is 46.8. The number of primary amides is 1. The van der Waals surface area contributed by atoms with Crippen molar-refractivity contribution in [3.05, 3.63) is 0 Å². The topological polar surface area (TPSA) is 807 Å². The van der Waals surface area contributed by atoms with E-state index in [4.69, 9.17) is 91.7 Å². The first-order valence-electron chi connectivity index (χ1n) is 32.5. The van der Waals surface area contributed by atoms with Crippen molar-refractivity contribution in [2.75, 3.05) is 58.9 Å². The molecule has 0 heterocycles. The van der Waals surface area contributed by atoms with Crippen molar-refractivity contribution >= 4 is 101 Å². The van der Waals surface area contributed by atoms with Crippen LogP contribution in [0.25, 0.3) is 0 Å². The Morgan fingerprint density at radius 1 is 0.253 bits per heavy atom. The van der Waals surface area contributed by atoms with Crippen molar-refractivity contribution in [3.63, 3.8) is 0 Å². The number of aliphatic carboxylic acids is 1. The van der Waals surface area contributed by atoms with Crippen LogP contribution in [0.3, 0.4) is 0 Å². The van der Waals surface area contributed by atoms with Gasteiger partial charge >= 0.3 is 5.97 Å². The maximum Gasteiger partial charge on any atom is 0.326 e. The van der Waals surface area contributed by atoms with Crippen LogP contribution in [-0.4, -0.2) is 219 Å². The Kier molecular flexibility index (Phi) is 46.5. The van der Waals surface area contributed by atoms with E-state index in [1.165, 1.54) is 0 Å². The Hall–Kier alpha value is -10.3. The minimum absolute atomic E-state index is 0.00311. The number of hydrogen-bond donors (Lipinski definition) is 26. The zero-order chi connectivity index (χ0) is 74.8. The first-order valence-corrected chi connectivity index (χ1v) is 32.5. The predicted octanol–water partition coefficient (Wildman–Crippen LogP) is -11.4. The molecular formula is C56H111N31O12. The van der Waals surface area contributed by atoms with Crippen LogP contribution in [0.2, 0.25) is 0 Å². The molecule has 0 saturated heterocycles. The van der Waals surface area contributed by atoms with Crippen LogP contribution in [0.4, 0.5) is 0 Å². The minimum Gasteiger partial charge on any atom is -0.480 e. The van der Waals surface area contributed by atoms with Crippen LogP contribution < -0.4 is 140 Å². The monoisotopic (exact) mass is 1410 g/mol. The number of unbranched alkanes of at least 4 members (excludes halogenated alkanes) is 2. The highest BCUT2D eigenvalue weighted by molar-refractivity contribution is 5.99. The quantitative estimate of drug-likeness (QED) is 0.0153. The summed E-state index contributed by atoms with van der Waals surface area (Å²) >= 11 is 0. The maximum absolute atomic E-state index is 14.7. The Morgan fingerprint density at radius 2 is 0.455 bits per heavy atom. The zero-order valence-corrected chi connectivity index (χ0v) is 56.3. The molecule has 99 heavy (non-hydrogen) atoms.